The van der Waals surface area contributed by atoms with E-state index in [4.69, 9.17) is 0 Å². The summed E-state index contributed by atoms with van der Waals surface area (Å²) in [5, 5.41) is 9.98. The summed E-state index contributed by atoms with van der Waals surface area (Å²) in [4.78, 5) is 18.7. The molecular weight excluding hydrogens is 338 g/mol. The second kappa shape index (κ2) is 8.97. The number of aromatic nitrogens is 1. The van der Waals surface area contributed by atoms with Gasteiger partial charge in [0.05, 0.1) is 0 Å². The molecule has 6 heteroatoms. The molecule has 6 nitrogen and oxygen atoms in total. The first-order valence-electron chi connectivity index (χ1n) is 9.57. The van der Waals surface area contributed by atoms with Gasteiger partial charge in [0.2, 0.25) is 0 Å². The highest BCUT2D eigenvalue weighted by Crippen LogP contribution is 2.29. The second-order valence-electron chi connectivity index (χ2n) is 7.18. The Balaban J connectivity index is 1.94. The number of anilines is 2. The molecule has 27 heavy (non-hydrogen) atoms. The van der Waals surface area contributed by atoms with Gasteiger partial charge < -0.3 is 20.9 Å². The summed E-state index contributed by atoms with van der Waals surface area (Å²) in [6.07, 6.45) is 2.84. The summed E-state index contributed by atoms with van der Waals surface area (Å²) in [6.45, 7) is 8.77. The minimum Gasteiger partial charge on any atom is -0.383 e. The molecule has 2 aromatic rings. The van der Waals surface area contributed by atoms with E-state index in [0.717, 1.165) is 60.7 Å². The van der Waals surface area contributed by atoms with E-state index in [1.54, 1.807) is 0 Å². The lowest BCUT2D eigenvalue weighted by atomic mass is 9.98. The van der Waals surface area contributed by atoms with Gasteiger partial charge in [-0.15, -0.1) is 0 Å². The van der Waals surface area contributed by atoms with Crippen LogP contribution in [0.3, 0.4) is 0 Å². The summed E-state index contributed by atoms with van der Waals surface area (Å²) in [5.74, 6) is 1.00. The Labute approximate surface area is 161 Å². The van der Waals surface area contributed by atoms with Crippen LogP contribution in [0.1, 0.15) is 29.8 Å². The van der Waals surface area contributed by atoms with Crippen molar-refractivity contribution < 1.29 is 4.79 Å². The summed E-state index contributed by atoms with van der Waals surface area (Å²) in [6, 6.07) is 8.50. The topological polar surface area (TPSA) is 69.3 Å². The van der Waals surface area contributed by atoms with Crippen LogP contribution in [0.5, 0.6) is 0 Å². The second-order valence-corrected chi connectivity index (χ2v) is 7.18. The van der Waals surface area contributed by atoms with Gasteiger partial charge in [0.15, 0.2) is 0 Å². The molecule has 0 spiro atoms. The number of piperazine rings is 1. The van der Waals surface area contributed by atoms with Crippen LogP contribution in [0.25, 0.3) is 11.1 Å². The van der Waals surface area contributed by atoms with Crippen molar-refractivity contribution in [2.45, 2.75) is 26.4 Å². The van der Waals surface area contributed by atoms with Crippen LogP contribution >= 0.6 is 0 Å². The van der Waals surface area contributed by atoms with Gasteiger partial charge in [-0.3, -0.25) is 4.79 Å². The molecule has 1 aromatic carbocycles. The van der Waals surface area contributed by atoms with Crippen molar-refractivity contribution in [2.75, 3.05) is 43.4 Å². The fourth-order valence-electron chi connectivity index (χ4n) is 3.42. The van der Waals surface area contributed by atoms with Crippen LogP contribution in [0.4, 0.5) is 11.5 Å². The number of hydrogen-bond donors (Lipinski definition) is 3. The zero-order chi connectivity index (χ0) is 19.2. The van der Waals surface area contributed by atoms with E-state index in [1.807, 2.05) is 19.3 Å². The number of rotatable bonds is 7. The molecule has 3 N–H and O–H groups in total. The van der Waals surface area contributed by atoms with Gasteiger partial charge in [0.1, 0.15) is 12.1 Å². The largest absolute Gasteiger partial charge is 0.383 e. The molecule has 0 amide bonds. The van der Waals surface area contributed by atoms with E-state index in [0.29, 0.717) is 12.1 Å². The lowest BCUT2D eigenvalue weighted by molar-refractivity contribution is 0.112. The monoisotopic (exact) mass is 367 g/mol. The zero-order valence-electron chi connectivity index (χ0n) is 16.4. The van der Waals surface area contributed by atoms with Crippen molar-refractivity contribution in [1.82, 2.24) is 15.6 Å². The van der Waals surface area contributed by atoms with Crippen molar-refractivity contribution >= 4 is 17.8 Å². The van der Waals surface area contributed by atoms with E-state index in [-0.39, 0.29) is 6.04 Å². The van der Waals surface area contributed by atoms with Crippen LogP contribution in [0, 0.1) is 0 Å². The number of nitrogens with one attached hydrogen (secondary N) is 3. The third-order valence-corrected chi connectivity index (χ3v) is 4.73. The third kappa shape index (κ3) is 4.64. The molecule has 1 saturated heterocycles. The number of benzene rings is 1. The molecule has 3 rings (SSSR count). The maximum atomic E-state index is 11.7. The van der Waals surface area contributed by atoms with Gasteiger partial charge in [-0.25, -0.2) is 4.98 Å². The minimum atomic E-state index is 0.281. The van der Waals surface area contributed by atoms with Crippen molar-refractivity contribution in [3.05, 3.63) is 41.6 Å². The predicted octanol–water partition coefficient (Wildman–Crippen LogP) is 2.51. The fraction of sp³-hybridized carbons (Fsp3) is 0.429. The third-order valence-electron chi connectivity index (χ3n) is 4.73. The van der Waals surface area contributed by atoms with Crippen LogP contribution in [0.2, 0.25) is 0 Å². The molecule has 0 bridgehead atoms. The molecule has 0 aliphatic carbocycles. The Hall–Kier alpha value is -2.44. The van der Waals surface area contributed by atoms with Crippen molar-refractivity contribution in [1.29, 1.82) is 0 Å². The first-order chi connectivity index (χ1) is 13.1. The van der Waals surface area contributed by atoms with Gasteiger partial charge >= 0.3 is 0 Å². The molecule has 1 fully saturated rings. The molecule has 0 radical (unpaired) electrons. The van der Waals surface area contributed by atoms with Crippen LogP contribution in [0.15, 0.2) is 30.5 Å². The smallest absolute Gasteiger partial charge is 0.150 e. The van der Waals surface area contributed by atoms with Crippen molar-refractivity contribution in [3.8, 4) is 11.1 Å². The SMILES string of the molecule is CNCc1c(C=O)cc(-c2ccc(N3CCNCC3)nc2)cc1NC(C)C. The van der Waals surface area contributed by atoms with Gasteiger partial charge in [0, 0.05) is 61.8 Å². The average Bonchev–Trinajstić information content (AvgIpc) is 2.69. The fourth-order valence-corrected chi connectivity index (χ4v) is 3.42. The molecule has 1 aromatic heterocycles. The molecule has 0 saturated carbocycles. The maximum absolute atomic E-state index is 11.7. The Morgan fingerprint density at radius 2 is 2.00 bits per heavy atom. The van der Waals surface area contributed by atoms with Crippen molar-refractivity contribution in [2.24, 2.45) is 0 Å². The lowest BCUT2D eigenvalue weighted by Crippen LogP contribution is -2.43. The number of carbonyl (C=O) groups excluding carboxylic acids is 1. The first kappa shape index (κ1) is 19.3. The zero-order valence-corrected chi connectivity index (χ0v) is 16.4. The van der Waals surface area contributed by atoms with Crippen LogP contribution in [-0.4, -0.2) is 50.5 Å². The highest BCUT2D eigenvalue weighted by Gasteiger charge is 2.14. The summed E-state index contributed by atoms with van der Waals surface area (Å²) >= 11 is 0. The van der Waals surface area contributed by atoms with Crippen LogP contribution < -0.4 is 20.9 Å². The molecule has 1 aliphatic heterocycles. The molecule has 2 heterocycles. The van der Waals surface area contributed by atoms with E-state index in [1.165, 1.54) is 0 Å². The Morgan fingerprint density at radius 1 is 1.22 bits per heavy atom. The molecule has 0 atom stereocenters. The lowest BCUT2D eigenvalue weighted by Gasteiger charge is -2.28. The first-order valence-corrected chi connectivity index (χ1v) is 9.57. The highest BCUT2D eigenvalue weighted by atomic mass is 16.1. The number of hydrogen-bond acceptors (Lipinski definition) is 6. The summed E-state index contributed by atoms with van der Waals surface area (Å²) in [7, 11) is 1.89. The standard InChI is InChI=1S/C21H29N5O/c1-15(2)25-20-11-17(10-18(14-27)19(20)13-22-3)16-4-5-21(24-12-16)26-8-6-23-7-9-26/h4-5,10-12,14-15,22-23,25H,6-9,13H2,1-3H3. The minimum absolute atomic E-state index is 0.281. The Morgan fingerprint density at radius 3 is 2.59 bits per heavy atom. The quantitative estimate of drug-likeness (QED) is 0.654. The van der Waals surface area contributed by atoms with E-state index >= 15 is 0 Å². The van der Waals surface area contributed by atoms with E-state index < -0.39 is 0 Å². The highest BCUT2D eigenvalue weighted by molar-refractivity contribution is 5.85. The Kier molecular flexibility index (Phi) is 6.42. The van der Waals surface area contributed by atoms with Gasteiger partial charge in [-0.2, -0.15) is 0 Å². The number of carbonyl (C=O) groups is 1. The average molecular weight is 367 g/mol. The predicted molar refractivity (Wildman–Crippen MR) is 112 cm³/mol. The van der Waals surface area contributed by atoms with Gasteiger partial charge in [0.25, 0.3) is 0 Å². The van der Waals surface area contributed by atoms with Crippen LogP contribution in [-0.2, 0) is 6.54 Å². The maximum Gasteiger partial charge on any atom is 0.150 e. The molecule has 1 aliphatic rings. The van der Waals surface area contributed by atoms with E-state index in [9.17, 15) is 4.79 Å². The molecular formula is C21H29N5O. The number of aldehydes is 1. The molecule has 0 unspecified atom stereocenters. The normalized spacial score (nSPS) is 14.4. The Bertz CT molecular complexity index is 767. The van der Waals surface area contributed by atoms with Gasteiger partial charge in [-0.1, -0.05) is 0 Å². The summed E-state index contributed by atoms with van der Waals surface area (Å²) < 4.78 is 0. The van der Waals surface area contributed by atoms with Crippen molar-refractivity contribution in [3.63, 3.8) is 0 Å². The molecule has 144 valence electrons. The number of pyridine rings is 1. The number of nitrogens with zero attached hydrogens (tertiary/aromatic N) is 2. The van der Waals surface area contributed by atoms with E-state index in [2.05, 4.69) is 57.9 Å². The van der Waals surface area contributed by atoms with Gasteiger partial charge in [-0.05, 0) is 56.3 Å². The summed E-state index contributed by atoms with van der Waals surface area (Å²) in [5.41, 5.74) is 4.70.